The van der Waals surface area contributed by atoms with Crippen LogP contribution in [0.15, 0.2) is 0 Å². The van der Waals surface area contributed by atoms with Gasteiger partial charge in [0.05, 0.1) is 17.1 Å². The van der Waals surface area contributed by atoms with Gasteiger partial charge in [-0.15, -0.1) is 0 Å². The van der Waals surface area contributed by atoms with E-state index in [1.165, 1.54) is 0 Å². The van der Waals surface area contributed by atoms with E-state index >= 15 is 0 Å². The molecular formula is C15H26N2O2. The molecule has 0 aromatic heterocycles. The average Bonchev–Trinajstić information content (AvgIpc) is 2.63. The lowest BCUT2D eigenvalue weighted by atomic mass is 9.64. The Labute approximate surface area is 116 Å². The van der Waals surface area contributed by atoms with Gasteiger partial charge in [-0.2, -0.15) is 5.26 Å². The minimum absolute atomic E-state index is 0.509. The first kappa shape index (κ1) is 14.8. The van der Waals surface area contributed by atoms with Gasteiger partial charge in [-0.25, -0.2) is 0 Å². The number of aliphatic hydroxyl groups is 1. The summed E-state index contributed by atoms with van der Waals surface area (Å²) < 4.78 is 5.38. The molecule has 2 saturated heterocycles. The Balaban J connectivity index is 2.15. The fourth-order valence-corrected chi connectivity index (χ4v) is 3.54. The molecule has 2 aliphatic heterocycles. The number of rotatable bonds is 2. The number of likely N-dealkylation sites (tertiary alicyclic amines) is 1. The lowest BCUT2D eigenvalue weighted by Crippen LogP contribution is -2.51. The van der Waals surface area contributed by atoms with Gasteiger partial charge >= 0.3 is 0 Å². The van der Waals surface area contributed by atoms with Gasteiger partial charge in [0, 0.05) is 25.8 Å². The van der Waals surface area contributed by atoms with Gasteiger partial charge in [0.1, 0.15) is 0 Å². The topological polar surface area (TPSA) is 56.5 Å². The Morgan fingerprint density at radius 3 is 2.42 bits per heavy atom. The smallest absolute Gasteiger partial charge is 0.0904 e. The Bertz CT molecular complexity index is 345. The number of hydrogen-bond acceptors (Lipinski definition) is 4. The molecule has 0 saturated carbocycles. The maximum Gasteiger partial charge on any atom is 0.0904 e. The summed E-state index contributed by atoms with van der Waals surface area (Å²) >= 11 is 0. The lowest BCUT2D eigenvalue weighted by Gasteiger charge is -2.44. The monoisotopic (exact) mass is 266 g/mol. The van der Waals surface area contributed by atoms with Crippen LogP contribution in [0.2, 0.25) is 0 Å². The van der Waals surface area contributed by atoms with Crippen molar-refractivity contribution in [2.24, 2.45) is 5.41 Å². The molecule has 1 N–H and O–H groups in total. The van der Waals surface area contributed by atoms with Crippen LogP contribution in [0.3, 0.4) is 0 Å². The highest BCUT2D eigenvalue weighted by Crippen LogP contribution is 2.46. The Morgan fingerprint density at radius 1 is 1.16 bits per heavy atom. The van der Waals surface area contributed by atoms with E-state index < -0.39 is 11.0 Å². The highest BCUT2D eigenvalue weighted by molar-refractivity contribution is 5.13. The van der Waals surface area contributed by atoms with E-state index in [2.05, 4.69) is 24.8 Å². The Morgan fingerprint density at radius 2 is 1.84 bits per heavy atom. The van der Waals surface area contributed by atoms with E-state index in [1.54, 1.807) is 0 Å². The third-order valence-electron chi connectivity index (χ3n) is 5.03. The van der Waals surface area contributed by atoms with Crippen LogP contribution >= 0.6 is 0 Å². The van der Waals surface area contributed by atoms with E-state index in [-0.39, 0.29) is 0 Å². The molecule has 0 amide bonds. The first-order valence-electron chi connectivity index (χ1n) is 7.48. The second-order valence-corrected chi connectivity index (χ2v) is 6.32. The number of hydrogen-bond donors (Lipinski definition) is 1. The summed E-state index contributed by atoms with van der Waals surface area (Å²) in [5.74, 6) is 0. The number of ether oxygens (including phenoxy) is 1. The van der Waals surface area contributed by atoms with Gasteiger partial charge in [0.15, 0.2) is 0 Å². The number of nitriles is 1. The van der Waals surface area contributed by atoms with Crippen molar-refractivity contribution in [2.75, 3.05) is 26.3 Å². The molecule has 2 fully saturated rings. The summed E-state index contributed by atoms with van der Waals surface area (Å²) in [6.07, 6.45) is 3.75. The molecule has 4 nitrogen and oxygen atoms in total. The fourth-order valence-electron chi connectivity index (χ4n) is 3.54. The zero-order valence-electron chi connectivity index (χ0n) is 12.2. The second kappa shape index (κ2) is 5.78. The molecule has 1 atom stereocenters. The molecule has 0 spiro atoms. The standard InChI is InChI=1S/C15H26N2O2/c1-13(2)17-8-3-4-15(18,5-9-17)14(12-16)6-10-19-11-7-14/h13,18H,3-11H2,1-2H3. The molecule has 0 aliphatic carbocycles. The highest BCUT2D eigenvalue weighted by atomic mass is 16.5. The third kappa shape index (κ3) is 2.79. The molecular weight excluding hydrogens is 240 g/mol. The van der Waals surface area contributed by atoms with Gasteiger partial charge in [0.25, 0.3) is 0 Å². The maximum absolute atomic E-state index is 11.1. The predicted molar refractivity (Wildman–Crippen MR) is 73.6 cm³/mol. The first-order chi connectivity index (χ1) is 9.03. The molecule has 0 aromatic carbocycles. The molecule has 0 aromatic rings. The van der Waals surface area contributed by atoms with E-state index in [1.807, 2.05) is 0 Å². The van der Waals surface area contributed by atoms with Crippen LogP contribution in [-0.4, -0.2) is 48.0 Å². The molecule has 108 valence electrons. The summed E-state index contributed by atoms with van der Waals surface area (Å²) in [5.41, 5.74) is -1.44. The fraction of sp³-hybridized carbons (Fsp3) is 0.933. The van der Waals surface area contributed by atoms with E-state index in [4.69, 9.17) is 4.74 Å². The first-order valence-corrected chi connectivity index (χ1v) is 7.48. The summed E-state index contributed by atoms with van der Waals surface area (Å²) in [4.78, 5) is 2.41. The molecule has 0 radical (unpaired) electrons. The van der Waals surface area contributed by atoms with Gasteiger partial charge < -0.3 is 14.7 Å². The van der Waals surface area contributed by atoms with Crippen LogP contribution in [0.5, 0.6) is 0 Å². The van der Waals surface area contributed by atoms with Gasteiger partial charge in [0.2, 0.25) is 0 Å². The Kier molecular flexibility index (Phi) is 4.50. The molecule has 0 bridgehead atoms. The quantitative estimate of drug-likeness (QED) is 0.830. The van der Waals surface area contributed by atoms with Crippen molar-refractivity contribution < 1.29 is 9.84 Å². The van der Waals surface area contributed by atoms with E-state index in [9.17, 15) is 10.4 Å². The van der Waals surface area contributed by atoms with Crippen molar-refractivity contribution in [3.8, 4) is 6.07 Å². The van der Waals surface area contributed by atoms with Crippen molar-refractivity contribution in [1.82, 2.24) is 4.90 Å². The minimum atomic E-state index is -0.838. The van der Waals surface area contributed by atoms with Crippen molar-refractivity contribution in [3.05, 3.63) is 0 Å². The van der Waals surface area contributed by atoms with Crippen molar-refractivity contribution in [3.63, 3.8) is 0 Å². The molecule has 1 unspecified atom stereocenters. The van der Waals surface area contributed by atoms with Crippen LogP contribution in [0.4, 0.5) is 0 Å². The zero-order chi connectivity index (χ0) is 13.9. The summed E-state index contributed by atoms with van der Waals surface area (Å²) in [6.45, 7) is 7.50. The average molecular weight is 266 g/mol. The van der Waals surface area contributed by atoms with Crippen LogP contribution in [-0.2, 0) is 4.74 Å². The SMILES string of the molecule is CC(C)N1CCCC(O)(C2(C#N)CCOCC2)CC1. The molecule has 19 heavy (non-hydrogen) atoms. The Hall–Kier alpha value is -0.630. The summed E-state index contributed by atoms with van der Waals surface area (Å²) in [5, 5.41) is 20.8. The van der Waals surface area contributed by atoms with E-state index in [0.29, 0.717) is 38.5 Å². The number of nitrogens with zero attached hydrogens (tertiary/aromatic N) is 2. The van der Waals surface area contributed by atoms with Gasteiger partial charge in [-0.1, -0.05) is 0 Å². The zero-order valence-corrected chi connectivity index (χ0v) is 12.2. The summed E-state index contributed by atoms with van der Waals surface area (Å²) in [6, 6.07) is 2.96. The van der Waals surface area contributed by atoms with Crippen molar-refractivity contribution >= 4 is 0 Å². The molecule has 2 rings (SSSR count). The molecule has 4 heteroatoms. The maximum atomic E-state index is 11.1. The van der Waals surface area contributed by atoms with Crippen molar-refractivity contribution in [1.29, 1.82) is 5.26 Å². The van der Waals surface area contributed by atoms with Gasteiger partial charge in [-0.05, 0) is 52.5 Å². The van der Waals surface area contributed by atoms with Crippen LogP contribution in [0.25, 0.3) is 0 Å². The molecule has 2 aliphatic rings. The van der Waals surface area contributed by atoms with Crippen molar-refractivity contribution in [2.45, 2.75) is 57.6 Å². The second-order valence-electron chi connectivity index (χ2n) is 6.32. The molecule has 2 heterocycles. The lowest BCUT2D eigenvalue weighted by molar-refractivity contribution is -0.111. The predicted octanol–water partition coefficient (Wildman–Crippen LogP) is 1.93. The van der Waals surface area contributed by atoms with Crippen LogP contribution in [0, 0.1) is 16.7 Å². The van der Waals surface area contributed by atoms with Gasteiger partial charge in [-0.3, -0.25) is 0 Å². The van der Waals surface area contributed by atoms with Crippen LogP contribution in [0.1, 0.15) is 46.0 Å². The third-order valence-corrected chi connectivity index (χ3v) is 5.03. The highest BCUT2D eigenvalue weighted by Gasteiger charge is 2.51. The minimum Gasteiger partial charge on any atom is -0.388 e. The van der Waals surface area contributed by atoms with E-state index in [0.717, 1.165) is 25.9 Å². The normalized spacial score (nSPS) is 32.8. The van der Waals surface area contributed by atoms with Crippen LogP contribution < -0.4 is 0 Å². The largest absolute Gasteiger partial charge is 0.388 e. The summed E-state index contributed by atoms with van der Waals surface area (Å²) in [7, 11) is 0.